The van der Waals surface area contributed by atoms with Crippen molar-refractivity contribution in [3.63, 3.8) is 0 Å². The Balaban J connectivity index is 2.55. The van der Waals surface area contributed by atoms with Crippen LogP contribution in [0.5, 0.6) is 0 Å². The molecule has 100 valence electrons. The van der Waals surface area contributed by atoms with E-state index in [0.29, 0.717) is 30.3 Å². The van der Waals surface area contributed by atoms with Crippen molar-refractivity contribution in [1.29, 1.82) is 0 Å². The number of nitrogen functional groups attached to an aromatic ring is 1. The number of hydrogen-bond acceptors (Lipinski definition) is 4. The van der Waals surface area contributed by atoms with Crippen molar-refractivity contribution in [3.8, 4) is 0 Å². The predicted molar refractivity (Wildman–Crippen MR) is 74.9 cm³/mol. The van der Waals surface area contributed by atoms with Gasteiger partial charge < -0.3 is 10.6 Å². The molecule has 2 rings (SSSR count). The molecule has 1 aromatic carbocycles. The summed E-state index contributed by atoms with van der Waals surface area (Å²) in [5, 5.41) is 0. The van der Waals surface area contributed by atoms with Crippen LogP contribution in [0.2, 0.25) is 0 Å². The van der Waals surface area contributed by atoms with Crippen molar-refractivity contribution < 1.29 is 4.39 Å². The monoisotopic (exact) mass is 260 g/mol. The summed E-state index contributed by atoms with van der Waals surface area (Å²) in [5.41, 5.74) is 7.21. The molecule has 2 N–H and O–H groups in total. The molecule has 5 heteroatoms. The van der Waals surface area contributed by atoms with Gasteiger partial charge in [-0.15, -0.1) is 0 Å². The van der Waals surface area contributed by atoms with Gasteiger partial charge in [-0.1, -0.05) is 19.1 Å². The second-order valence-corrected chi connectivity index (χ2v) is 4.11. The van der Waals surface area contributed by atoms with Crippen molar-refractivity contribution in [2.45, 2.75) is 20.3 Å². The first-order chi connectivity index (χ1) is 9.19. The first-order valence-electron chi connectivity index (χ1n) is 6.30. The van der Waals surface area contributed by atoms with Crippen LogP contribution < -0.4 is 10.6 Å². The minimum Gasteiger partial charge on any atom is -0.383 e. The van der Waals surface area contributed by atoms with Gasteiger partial charge in [-0.05, 0) is 25.5 Å². The third-order valence-corrected chi connectivity index (χ3v) is 3.02. The van der Waals surface area contributed by atoms with Gasteiger partial charge in [-0.25, -0.2) is 14.4 Å². The summed E-state index contributed by atoms with van der Waals surface area (Å²) in [4.78, 5) is 10.1. The average Bonchev–Trinajstić information content (AvgIpc) is 2.42. The molecule has 0 aliphatic carbocycles. The number of aromatic nitrogens is 2. The zero-order chi connectivity index (χ0) is 13.8. The summed E-state index contributed by atoms with van der Waals surface area (Å²) in [5.74, 6) is 0.841. The summed E-state index contributed by atoms with van der Waals surface area (Å²) in [6.45, 7) is 4.53. The molecule has 0 amide bonds. The van der Waals surface area contributed by atoms with Crippen LogP contribution in [0.1, 0.15) is 19.4 Å². The molecule has 1 heterocycles. The van der Waals surface area contributed by atoms with Crippen LogP contribution >= 0.6 is 0 Å². The van der Waals surface area contributed by atoms with Gasteiger partial charge in [0.15, 0.2) is 0 Å². The highest BCUT2D eigenvalue weighted by atomic mass is 19.1. The van der Waals surface area contributed by atoms with E-state index in [4.69, 9.17) is 5.73 Å². The van der Waals surface area contributed by atoms with Gasteiger partial charge in [-0.3, -0.25) is 0 Å². The summed E-state index contributed by atoms with van der Waals surface area (Å²) < 4.78 is 13.9. The van der Waals surface area contributed by atoms with Gasteiger partial charge in [0.1, 0.15) is 23.8 Å². The summed E-state index contributed by atoms with van der Waals surface area (Å²) in [6, 6.07) is 6.64. The Morgan fingerprint density at radius 1 is 1.21 bits per heavy atom. The van der Waals surface area contributed by atoms with Crippen LogP contribution in [0.3, 0.4) is 0 Å². The SMILES string of the molecule is CCc1c(N)ncnc1N(CC)c1ccccc1F. The third kappa shape index (κ3) is 2.50. The number of halogens is 1. The fourth-order valence-corrected chi connectivity index (χ4v) is 2.09. The molecule has 0 unspecified atom stereocenters. The number of anilines is 3. The minimum atomic E-state index is -0.274. The standard InChI is InChI=1S/C14H17FN4/c1-3-10-13(16)17-9-18-14(10)19(4-2)12-8-6-5-7-11(12)15/h5-9H,3-4H2,1-2H3,(H2,16,17,18). The first kappa shape index (κ1) is 13.3. The number of benzene rings is 1. The third-order valence-electron chi connectivity index (χ3n) is 3.02. The van der Waals surface area contributed by atoms with Crippen LogP contribution in [0.15, 0.2) is 30.6 Å². The fourth-order valence-electron chi connectivity index (χ4n) is 2.09. The van der Waals surface area contributed by atoms with E-state index in [0.717, 1.165) is 5.56 Å². The molecule has 0 saturated carbocycles. The largest absolute Gasteiger partial charge is 0.383 e. The number of para-hydroxylation sites is 1. The molecule has 0 aliphatic heterocycles. The Labute approximate surface area is 112 Å². The highest BCUT2D eigenvalue weighted by Crippen LogP contribution is 2.30. The predicted octanol–water partition coefficient (Wildman–Crippen LogP) is 2.92. The molecule has 0 fully saturated rings. The minimum absolute atomic E-state index is 0.274. The van der Waals surface area contributed by atoms with Crippen molar-refractivity contribution in [3.05, 3.63) is 42.0 Å². The maximum absolute atomic E-state index is 13.9. The topological polar surface area (TPSA) is 55.0 Å². The van der Waals surface area contributed by atoms with Gasteiger partial charge >= 0.3 is 0 Å². The molecular formula is C14H17FN4. The fraction of sp³-hybridized carbons (Fsp3) is 0.286. The van der Waals surface area contributed by atoms with Crippen LogP contribution in [-0.4, -0.2) is 16.5 Å². The lowest BCUT2D eigenvalue weighted by molar-refractivity contribution is 0.625. The molecule has 0 spiro atoms. The van der Waals surface area contributed by atoms with Gasteiger partial charge in [0, 0.05) is 12.1 Å². The van der Waals surface area contributed by atoms with E-state index in [9.17, 15) is 4.39 Å². The molecule has 0 bridgehead atoms. The number of nitrogens with two attached hydrogens (primary N) is 1. The molecule has 0 radical (unpaired) electrons. The van der Waals surface area contributed by atoms with Crippen LogP contribution in [0.25, 0.3) is 0 Å². The molecule has 0 saturated heterocycles. The lowest BCUT2D eigenvalue weighted by Gasteiger charge is -2.25. The zero-order valence-electron chi connectivity index (χ0n) is 11.1. The van der Waals surface area contributed by atoms with Gasteiger partial charge in [-0.2, -0.15) is 0 Å². The van der Waals surface area contributed by atoms with Crippen molar-refractivity contribution >= 4 is 17.3 Å². The van der Waals surface area contributed by atoms with Crippen LogP contribution in [0.4, 0.5) is 21.7 Å². The molecule has 0 aliphatic rings. The second-order valence-electron chi connectivity index (χ2n) is 4.11. The molecule has 1 aromatic heterocycles. The van der Waals surface area contributed by atoms with Gasteiger partial charge in [0.05, 0.1) is 5.69 Å². The quantitative estimate of drug-likeness (QED) is 0.918. The second kappa shape index (κ2) is 5.65. The Kier molecular flexibility index (Phi) is 3.94. The highest BCUT2D eigenvalue weighted by molar-refractivity contribution is 5.66. The normalized spacial score (nSPS) is 10.5. The van der Waals surface area contributed by atoms with Crippen molar-refractivity contribution in [1.82, 2.24) is 9.97 Å². The van der Waals surface area contributed by atoms with Gasteiger partial charge in [0.2, 0.25) is 0 Å². The van der Waals surface area contributed by atoms with Crippen LogP contribution in [-0.2, 0) is 6.42 Å². The van der Waals surface area contributed by atoms with E-state index in [1.807, 2.05) is 18.7 Å². The van der Waals surface area contributed by atoms with E-state index < -0.39 is 0 Å². The van der Waals surface area contributed by atoms with E-state index in [1.165, 1.54) is 12.4 Å². The zero-order valence-corrected chi connectivity index (χ0v) is 11.1. The maximum Gasteiger partial charge on any atom is 0.146 e. The Hall–Kier alpha value is -2.17. The Bertz CT molecular complexity index is 571. The molecule has 2 aromatic rings. The lowest BCUT2D eigenvalue weighted by atomic mass is 10.2. The maximum atomic E-state index is 13.9. The number of hydrogen-bond donors (Lipinski definition) is 1. The summed E-state index contributed by atoms with van der Waals surface area (Å²) >= 11 is 0. The highest BCUT2D eigenvalue weighted by Gasteiger charge is 2.17. The summed E-state index contributed by atoms with van der Waals surface area (Å²) in [6.07, 6.45) is 2.11. The Morgan fingerprint density at radius 2 is 1.95 bits per heavy atom. The van der Waals surface area contributed by atoms with E-state index in [1.54, 1.807) is 18.2 Å². The molecule has 0 atom stereocenters. The van der Waals surface area contributed by atoms with Crippen molar-refractivity contribution in [2.24, 2.45) is 0 Å². The lowest BCUT2D eigenvalue weighted by Crippen LogP contribution is -2.21. The van der Waals surface area contributed by atoms with Crippen molar-refractivity contribution in [2.75, 3.05) is 17.2 Å². The molecule has 4 nitrogen and oxygen atoms in total. The van der Waals surface area contributed by atoms with Gasteiger partial charge in [0.25, 0.3) is 0 Å². The summed E-state index contributed by atoms with van der Waals surface area (Å²) in [7, 11) is 0. The number of nitrogens with zero attached hydrogens (tertiary/aromatic N) is 3. The smallest absolute Gasteiger partial charge is 0.146 e. The van der Waals surface area contributed by atoms with E-state index >= 15 is 0 Å². The number of rotatable bonds is 4. The van der Waals surface area contributed by atoms with Crippen LogP contribution in [0, 0.1) is 5.82 Å². The average molecular weight is 260 g/mol. The van der Waals surface area contributed by atoms with E-state index in [-0.39, 0.29) is 5.82 Å². The Morgan fingerprint density at radius 3 is 2.58 bits per heavy atom. The molecular weight excluding hydrogens is 243 g/mol. The molecule has 19 heavy (non-hydrogen) atoms. The first-order valence-corrected chi connectivity index (χ1v) is 6.30. The van der Waals surface area contributed by atoms with E-state index in [2.05, 4.69) is 9.97 Å².